The first kappa shape index (κ1) is 15.9. The highest BCUT2D eigenvalue weighted by Gasteiger charge is 2.15. The average molecular weight is 325 g/mol. The van der Waals surface area contributed by atoms with Crippen molar-refractivity contribution >= 4 is 34.8 Å². The van der Waals surface area contributed by atoms with Crippen LogP contribution in [-0.4, -0.2) is 23.6 Å². The topological polar surface area (TPSA) is 41.1 Å². The van der Waals surface area contributed by atoms with Crippen LogP contribution in [0.4, 0.5) is 11.6 Å². The van der Waals surface area contributed by atoms with Gasteiger partial charge in [0, 0.05) is 19.3 Å². The van der Waals surface area contributed by atoms with Crippen LogP contribution in [0.1, 0.15) is 18.3 Å². The predicted molar refractivity (Wildman–Crippen MR) is 89.5 cm³/mol. The van der Waals surface area contributed by atoms with Gasteiger partial charge in [0.25, 0.3) is 0 Å². The standard InChI is InChI=1S/C15H18Cl2N4/c1-4-21(9-11-7-5-6-10(2)19-11)15-13(17)8-12(16)14(18-3)20-15/h5-8H,4,9H2,1-3H3,(H,18,20). The molecule has 112 valence electrons. The largest absolute Gasteiger partial charge is 0.372 e. The number of hydrogen-bond acceptors (Lipinski definition) is 4. The summed E-state index contributed by atoms with van der Waals surface area (Å²) in [6.07, 6.45) is 0. The zero-order chi connectivity index (χ0) is 15.4. The average Bonchev–Trinajstić information content (AvgIpc) is 2.45. The smallest absolute Gasteiger partial charge is 0.150 e. The molecule has 0 bridgehead atoms. The van der Waals surface area contributed by atoms with Crippen molar-refractivity contribution in [3.8, 4) is 0 Å². The Morgan fingerprint density at radius 3 is 2.57 bits per heavy atom. The maximum Gasteiger partial charge on any atom is 0.150 e. The molecule has 0 radical (unpaired) electrons. The summed E-state index contributed by atoms with van der Waals surface area (Å²) < 4.78 is 0. The van der Waals surface area contributed by atoms with Gasteiger partial charge in [0.05, 0.1) is 22.3 Å². The van der Waals surface area contributed by atoms with Crippen molar-refractivity contribution in [2.45, 2.75) is 20.4 Å². The maximum absolute atomic E-state index is 6.29. The lowest BCUT2D eigenvalue weighted by atomic mass is 10.3. The molecule has 1 N–H and O–H groups in total. The van der Waals surface area contributed by atoms with Gasteiger partial charge >= 0.3 is 0 Å². The molecular weight excluding hydrogens is 307 g/mol. The van der Waals surface area contributed by atoms with E-state index in [-0.39, 0.29) is 0 Å². The Morgan fingerprint density at radius 2 is 1.95 bits per heavy atom. The minimum Gasteiger partial charge on any atom is -0.372 e. The minimum atomic E-state index is 0.510. The van der Waals surface area contributed by atoms with Crippen LogP contribution in [0.25, 0.3) is 0 Å². The van der Waals surface area contributed by atoms with Gasteiger partial charge in [-0.2, -0.15) is 0 Å². The van der Waals surface area contributed by atoms with Crippen LogP contribution in [0.2, 0.25) is 10.0 Å². The van der Waals surface area contributed by atoms with Gasteiger partial charge in [-0.3, -0.25) is 4.98 Å². The van der Waals surface area contributed by atoms with Gasteiger partial charge in [-0.25, -0.2) is 4.98 Å². The fourth-order valence-electron chi connectivity index (χ4n) is 2.07. The van der Waals surface area contributed by atoms with Gasteiger partial charge in [-0.05, 0) is 32.0 Å². The third-order valence-corrected chi connectivity index (χ3v) is 3.69. The third-order valence-electron chi connectivity index (χ3n) is 3.13. The number of hydrogen-bond donors (Lipinski definition) is 1. The Kier molecular flexibility index (Phi) is 5.26. The summed E-state index contributed by atoms with van der Waals surface area (Å²) in [6, 6.07) is 7.69. The van der Waals surface area contributed by atoms with E-state index < -0.39 is 0 Å². The summed E-state index contributed by atoms with van der Waals surface area (Å²) in [7, 11) is 1.78. The van der Waals surface area contributed by atoms with Crippen LogP contribution in [0.5, 0.6) is 0 Å². The maximum atomic E-state index is 6.29. The van der Waals surface area contributed by atoms with Crippen molar-refractivity contribution in [1.29, 1.82) is 0 Å². The first-order valence-electron chi connectivity index (χ1n) is 6.76. The SMILES string of the molecule is CCN(Cc1cccc(C)n1)c1nc(NC)c(Cl)cc1Cl. The van der Waals surface area contributed by atoms with Crippen LogP contribution in [-0.2, 0) is 6.54 Å². The molecule has 0 amide bonds. The van der Waals surface area contributed by atoms with Gasteiger partial charge in [0.2, 0.25) is 0 Å². The van der Waals surface area contributed by atoms with E-state index in [1.807, 2.05) is 25.1 Å². The van der Waals surface area contributed by atoms with Crippen LogP contribution in [0.3, 0.4) is 0 Å². The Morgan fingerprint density at radius 1 is 1.19 bits per heavy atom. The molecule has 2 heterocycles. The predicted octanol–water partition coefficient (Wildman–Crippen LogP) is 4.16. The highest BCUT2D eigenvalue weighted by molar-refractivity contribution is 6.37. The van der Waals surface area contributed by atoms with E-state index in [4.69, 9.17) is 23.2 Å². The van der Waals surface area contributed by atoms with Crippen LogP contribution in [0, 0.1) is 6.92 Å². The van der Waals surface area contributed by atoms with Crippen LogP contribution in [0.15, 0.2) is 24.3 Å². The molecule has 0 aliphatic carbocycles. The van der Waals surface area contributed by atoms with Crippen molar-refractivity contribution in [3.63, 3.8) is 0 Å². The second kappa shape index (κ2) is 6.96. The molecule has 0 aromatic carbocycles. The summed E-state index contributed by atoms with van der Waals surface area (Å²) in [5.41, 5.74) is 1.98. The fourth-order valence-corrected chi connectivity index (χ4v) is 2.65. The second-order valence-electron chi connectivity index (χ2n) is 4.66. The number of nitrogens with zero attached hydrogens (tertiary/aromatic N) is 3. The molecule has 0 aliphatic heterocycles. The second-order valence-corrected chi connectivity index (χ2v) is 5.47. The highest BCUT2D eigenvalue weighted by atomic mass is 35.5. The number of halogens is 2. The first-order chi connectivity index (χ1) is 10.0. The van der Waals surface area contributed by atoms with Crippen molar-refractivity contribution in [2.75, 3.05) is 23.8 Å². The zero-order valence-electron chi connectivity index (χ0n) is 12.3. The molecule has 0 spiro atoms. The summed E-state index contributed by atoms with van der Waals surface area (Å²) >= 11 is 12.4. The minimum absolute atomic E-state index is 0.510. The Hall–Kier alpha value is -1.52. The lowest BCUT2D eigenvalue weighted by Crippen LogP contribution is -2.24. The third kappa shape index (κ3) is 3.77. The monoisotopic (exact) mass is 324 g/mol. The van der Waals surface area contributed by atoms with Gasteiger partial charge < -0.3 is 10.2 Å². The number of rotatable bonds is 5. The van der Waals surface area contributed by atoms with Crippen LogP contribution < -0.4 is 10.2 Å². The quantitative estimate of drug-likeness (QED) is 0.896. The molecular formula is C15H18Cl2N4. The van der Waals surface area contributed by atoms with E-state index >= 15 is 0 Å². The molecule has 0 saturated carbocycles. The number of aryl methyl sites for hydroxylation is 1. The normalized spacial score (nSPS) is 10.5. The Labute approximate surface area is 135 Å². The number of pyridine rings is 2. The summed E-state index contributed by atoms with van der Waals surface area (Å²) in [5.74, 6) is 1.32. The van der Waals surface area contributed by atoms with Gasteiger partial charge in [0.15, 0.2) is 0 Å². The summed E-state index contributed by atoms with van der Waals surface area (Å²) in [5, 5.41) is 4.02. The summed E-state index contributed by atoms with van der Waals surface area (Å²) in [6.45, 7) is 5.46. The van der Waals surface area contributed by atoms with Gasteiger partial charge in [-0.15, -0.1) is 0 Å². The van der Waals surface area contributed by atoms with Crippen LogP contribution >= 0.6 is 23.2 Å². The van der Waals surface area contributed by atoms with E-state index in [2.05, 4.69) is 27.1 Å². The summed E-state index contributed by atoms with van der Waals surface area (Å²) in [4.78, 5) is 11.1. The Bertz CT molecular complexity index is 631. The van der Waals surface area contributed by atoms with Crippen molar-refractivity contribution in [3.05, 3.63) is 45.7 Å². The molecule has 2 aromatic rings. The van der Waals surface area contributed by atoms with Crippen molar-refractivity contribution in [1.82, 2.24) is 9.97 Å². The number of nitrogens with one attached hydrogen (secondary N) is 1. The van der Waals surface area contributed by atoms with Gasteiger partial charge in [0.1, 0.15) is 11.6 Å². The first-order valence-corrected chi connectivity index (χ1v) is 7.52. The van der Waals surface area contributed by atoms with Crippen molar-refractivity contribution in [2.24, 2.45) is 0 Å². The molecule has 2 aromatic heterocycles. The fraction of sp³-hybridized carbons (Fsp3) is 0.333. The van der Waals surface area contributed by atoms with Gasteiger partial charge in [-0.1, -0.05) is 29.3 Å². The Balaban J connectivity index is 2.33. The van der Waals surface area contributed by atoms with E-state index in [0.29, 0.717) is 28.2 Å². The lowest BCUT2D eigenvalue weighted by molar-refractivity contribution is 0.791. The molecule has 2 rings (SSSR count). The number of anilines is 2. The molecule has 0 fully saturated rings. The molecule has 0 atom stereocenters. The molecule has 0 unspecified atom stereocenters. The zero-order valence-corrected chi connectivity index (χ0v) is 13.8. The molecule has 0 aliphatic rings. The van der Waals surface area contributed by atoms with E-state index in [9.17, 15) is 0 Å². The molecule has 0 saturated heterocycles. The highest BCUT2D eigenvalue weighted by Crippen LogP contribution is 2.31. The lowest BCUT2D eigenvalue weighted by Gasteiger charge is -2.23. The number of aromatic nitrogens is 2. The van der Waals surface area contributed by atoms with E-state index in [0.717, 1.165) is 17.9 Å². The van der Waals surface area contributed by atoms with E-state index in [1.165, 1.54) is 0 Å². The molecule has 4 nitrogen and oxygen atoms in total. The van der Waals surface area contributed by atoms with E-state index in [1.54, 1.807) is 13.1 Å². The molecule has 21 heavy (non-hydrogen) atoms. The van der Waals surface area contributed by atoms with Crippen molar-refractivity contribution < 1.29 is 0 Å². The molecule has 6 heteroatoms.